The topological polar surface area (TPSA) is 102 Å². The summed E-state index contributed by atoms with van der Waals surface area (Å²) in [5.74, 6) is -1.29. The van der Waals surface area contributed by atoms with Crippen LogP contribution in [0.4, 0.5) is 14.9 Å². The van der Waals surface area contributed by atoms with Gasteiger partial charge in [0.15, 0.2) is 5.82 Å². The molecular formula is C16H23FN2O6. The molecule has 0 heterocycles. The van der Waals surface area contributed by atoms with Crippen molar-refractivity contribution in [2.45, 2.75) is 45.9 Å². The number of halogens is 1. The molecule has 1 rings (SSSR count). The second kappa shape index (κ2) is 8.11. The molecule has 0 radical (unpaired) electrons. The number of nitrogens with zero attached hydrogens (tertiary/aromatic N) is 2. The summed E-state index contributed by atoms with van der Waals surface area (Å²) in [6, 6.07) is 1.82. The van der Waals surface area contributed by atoms with Crippen LogP contribution in [0, 0.1) is 15.9 Å². The number of hydrogen-bond acceptors (Lipinski definition) is 5. The summed E-state index contributed by atoms with van der Waals surface area (Å²) in [6.45, 7) is 6.95. The van der Waals surface area contributed by atoms with E-state index in [4.69, 9.17) is 9.47 Å². The van der Waals surface area contributed by atoms with Crippen LogP contribution in [0.1, 0.15) is 33.3 Å². The first-order valence-corrected chi connectivity index (χ1v) is 7.59. The van der Waals surface area contributed by atoms with Crippen molar-refractivity contribution in [2.24, 2.45) is 0 Å². The van der Waals surface area contributed by atoms with Gasteiger partial charge in [-0.1, -0.05) is 0 Å². The van der Waals surface area contributed by atoms with Gasteiger partial charge in [-0.2, -0.15) is 0 Å². The van der Waals surface area contributed by atoms with E-state index in [0.29, 0.717) is 0 Å². The molecule has 1 aromatic carbocycles. The lowest BCUT2D eigenvalue weighted by molar-refractivity contribution is -0.386. The Kier molecular flexibility index (Phi) is 6.69. The highest BCUT2D eigenvalue weighted by Crippen LogP contribution is 2.31. The van der Waals surface area contributed by atoms with E-state index in [1.54, 1.807) is 27.7 Å². The van der Waals surface area contributed by atoms with E-state index in [1.807, 2.05) is 0 Å². The van der Waals surface area contributed by atoms with E-state index in [0.717, 1.165) is 13.2 Å². The number of methoxy groups -OCH3 is 1. The molecule has 0 aliphatic rings. The Bertz CT molecular complexity index is 644. The maximum Gasteiger partial charge on any atom is 0.408 e. The molecule has 0 aromatic heterocycles. The first-order chi connectivity index (χ1) is 11.5. The molecule has 0 aliphatic heterocycles. The zero-order chi connectivity index (χ0) is 19.4. The first-order valence-electron chi connectivity index (χ1n) is 7.59. The van der Waals surface area contributed by atoms with Gasteiger partial charge >= 0.3 is 11.8 Å². The Morgan fingerprint density at radius 3 is 2.48 bits per heavy atom. The van der Waals surface area contributed by atoms with Crippen LogP contribution in [-0.4, -0.2) is 46.3 Å². The summed E-state index contributed by atoms with van der Waals surface area (Å²) in [4.78, 5) is 22.9. The molecule has 140 valence electrons. The summed E-state index contributed by atoms with van der Waals surface area (Å²) in [5.41, 5.74) is -0.842. The molecule has 0 saturated carbocycles. The highest BCUT2D eigenvalue weighted by atomic mass is 19.1. The summed E-state index contributed by atoms with van der Waals surface area (Å²) in [5, 5.41) is 20.3. The second-order valence-corrected chi connectivity index (χ2v) is 6.57. The monoisotopic (exact) mass is 358 g/mol. The number of amides is 1. The van der Waals surface area contributed by atoms with Gasteiger partial charge in [0.05, 0.1) is 31.3 Å². The van der Waals surface area contributed by atoms with Crippen molar-refractivity contribution < 1.29 is 28.7 Å². The highest BCUT2D eigenvalue weighted by Gasteiger charge is 2.30. The lowest BCUT2D eigenvalue weighted by Gasteiger charge is -2.37. The van der Waals surface area contributed by atoms with E-state index in [1.165, 1.54) is 11.0 Å². The van der Waals surface area contributed by atoms with Crippen molar-refractivity contribution in [3.05, 3.63) is 33.6 Å². The van der Waals surface area contributed by atoms with E-state index < -0.39 is 39.9 Å². The van der Waals surface area contributed by atoms with Crippen LogP contribution in [0.3, 0.4) is 0 Å². The molecule has 1 N–H and O–H groups in total. The quantitative estimate of drug-likeness (QED) is 0.592. The fourth-order valence-corrected chi connectivity index (χ4v) is 2.61. The third kappa shape index (κ3) is 5.28. The number of benzene rings is 1. The van der Waals surface area contributed by atoms with Gasteiger partial charge in [0.25, 0.3) is 0 Å². The van der Waals surface area contributed by atoms with Crippen molar-refractivity contribution >= 4 is 11.8 Å². The van der Waals surface area contributed by atoms with Crippen LogP contribution < -0.4 is 4.74 Å². The largest absolute Gasteiger partial charge is 0.488 e. The van der Waals surface area contributed by atoms with Crippen molar-refractivity contribution in [1.82, 2.24) is 4.90 Å². The van der Waals surface area contributed by atoms with E-state index in [9.17, 15) is 24.4 Å². The molecule has 1 amide bonds. The molecule has 0 bridgehead atoms. The molecule has 8 nitrogen and oxygen atoms in total. The van der Waals surface area contributed by atoms with Crippen molar-refractivity contribution in [2.75, 3.05) is 13.7 Å². The van der Waals surface area contributed by atoms with Crippen LogP contribution in [0.2, 0.25) is 0 Å². The minimum Gasteiger partial charge on any atom is -0.488 e. The molecule has 0 unspecified atom stereocenters. The molecule has 1 atom stereocenters. The molecule has 0 saturated heterocycles. The third-order valence-corrected chi connectivity index (χ3v) is 3.48. The SMILES string of the molecule is COc1c(F)cc(COC[C@@H](C)N(C(=O)O)C(C)(C)C)cc1[N+](=O)[O-]. The van der Waals surface area contributed by atoms with Crippen LogP contribution in [0.5, 0.6) is 5.75 Å². The summed E-state index contributed by atoms with van der Waals surface area (Å²) >= 11 is 0. The number of nitro groups is 1. The number of carbonyl (C=O) groups is 1. The summed E-state index contributed by atoms with van der Waals surface area (Å²) < 4.78 is 24.0. The standard InChI is InChI=1S/C16H23FN2O6/c1-10(18(15(20)21)16(2,3)4)8-25-9-11-6-12(17)14(24-5)13(7-11)19(22)23/h6-7,10H,8-9H2,1-5H3,(H,20,21)/t10-/m1/s1. The van der Waals surface area contributed by atoms with Gasteiger partial charge in [0.2, 0.25) is 5.75 Å². The smallest absolute Gasteiger partial charge is 0.408 e. The van der Waals surface area contributed by atoms with Crippen molar-refractivity contribution in [3.8, 4) is 5.75 Å². The van der Waals surface area contributed by atoms with Crippen molar-refractivity contribution in [3.63, 3.8) is 0 Å². The van der Waals surface area contributed by atoms with Gasteiger partial charge in [0, 0.05) is 11.6 Å². The zero-order valence-electron chi connectivity index (χ0n) is 14.9. The Morgan fingerprint density at radius 2 is 2.04 bits per heavy atom. The highest BCUT2D eigenvalue weighted by molar-refractivity contribution is 5.66. The predicted octanol–water partition coefficient (Wildman–Crippen LogP) is 3.43. The number of rotatable bonds is 7. The average molecular weight is 358 g/mol. The minimum absolute atomic E-state index is 0.0605. The summed E-state index contributed by atoms with van der Waals surface area (Å²) in [6.07, 6.45) is -1.07. The maximum absolute atomic E-state index is 13.9. The molecular weight excluding hydrogens is 335 g/mol. The Hall–Kier alpha value is -2.42. The van der Waals surface area contributed by atoms with Gasteiger partial charge in [-0.25, -0.2) is 9.18 Å². The minimum atomic E-state index is -1.07. The fourth-order valence-electron chi connectivity index (χ4n) is 2.61. The fraction of sp³-hybridized carbons (Fsp3) is 0.562. The predicted molar refractivity (Wildman–Crippen MR) is 88.3 cm³/mol. The molecule has 25 heavy (non-hydrogen) atoms. The first kappa shape index (κ1) is 20.6. The zero-order valence-corrected chi connectivity index (χ0v) is 14.9. The Labute approximate surface area is 145 Å². The number of carboxylic acid groups (broad SMARTS) is 1. The van der Waals surface area contributed by atoms with E-state index in [2.05, 4.69) is 0 Å². The lowest BCUT2D eigenvalue weighted by Crippen LogP contribution is -2.51. The van der Waals surface area contributed by atoms with Crippen LogP contribution >= 0.6 is 0 Å². The average Bonchev–Trinajstić information content (AvgIpc) is 2.44. The Morgan fingerprint density at radius 1 is 1.44 bits per heavy atom. The third-order valence-electron chi connectivity index (χ3n) is 3.48. The molecule has 9 heteroatoms. The van der Waals surface area contributed by atoms with E-state index >= 15 is 0 Å². The van der Waals surface area contributed by atoms with Gasteiger partial charge in [-0.15, -0.1) is 0 Å². The Balaban J connectivity index is 2.82. The molecule has 0 aliphatic carbocycles. The normalized spacial score (nSPS) is 12.6. The van der Waals surface area contributed by atoms with E-state index in [-0.39, 0.29) is 18.8 Å². The van der Waals surface area contributed by atoms with Crippen LogP contribution in [-0.2, 0) is 11.3 Å². The molecule has 0 fully saturated rings. The van der Waals surface area contributed by atoms with Gasteiger partial charge in [-0.3, -0.25) is 15.0 Å². The van der Waals surface area contributed by atoms with Crippen molar-refractivity contribution in [1.29, 1.82) is 0 Å². The van der Waals surface area contributed by atoms with Gasteiger partial charge in [0.1, 0.15) is 0 Å². The van der Waals surface area contributed by atoms with Gasteiger partial charge in [-0.05, 0) is 39.3 Å². The summed E-state index contributed by atoms with van der Waals surface area (Å²) in [7, 11) is 1.15. The van der Waals surface area contributed by atoms with Gasteiger partial charge < -0.3 is 14.6 Å². The number of nitro benzene ring substituents is 1. The van der Waals surface area contributed by atoms with Crippen LogP contribution in [0.25, 0.3) is 0 Å². The number of hydrogen-bond donors (Lipinski definition) is 1. The second-order valence-electron chi connectivity index (χ2n) is 6.57. The molecule has 0 spiro atoms. The maximum atomic E-state index is 13.9. The number of ether oxygens (including phenoxy) is 2. The molecule has 1 aromatic rings. The lowest BCUT2D eigenvalue weighted by atomic mass is 10.0. The van der Waals surface area contributed by atoms with Crippen LogP contribution in [0.15, 0.2) is 12.1 Å².